The predicted molar refractivity (Wildman–Crippen MR) is 94.6 cm³/mol. The van der Waals surface area contributed by atoms with Crippen molar-refractivity contribution in [1.29, 1.82) is 0 Å². The van der Waals surface area contributed by atoms with Gasteiger partial charge in [-0.3, -0.25) is 4.98 Å². The number of aromatic nitrogens is 2. The van der Waals surface area contributed by atoms with Crippen molar-refractivity contribution in [3.05, 3.63) is 23.9 Å². The van der Waals surface area contributed by atoms with E-state index < -0.39 is 0 Å². The zero-order valence-corrected chi connectivity index (χ0v) is 14.0. The summed E-state index contributed by atoms with van der Waals surface area (Å²) in [7, 11) is 0. The van der Waals surface area contributed by atoms with Crippen LogP contribution in [0.2, 0.25) is 0 Å². The molecule has 1 atom stereocenters. The number of rotatable bonds is 7. The standard InChI is InChI=1S/C18H26N4O/c1-3-4-7-18(2,11-23)22-15-9-16(19)21-14-8-13(12-5-6-12)10-20-17(14)15/h8-10,12,23H,3-7,11H2,1-2H3,(H3,19,21,22). The van der Waals surface area contributed by atoms with Crippen LogP contribution in [-0.2, 0) is 0 Å². The van der Waals surface area contributed by atoms with E-state index in [9.17, 15) is 5.11 Å². The molecular weight excluding hydrogens is 288 g/mol. The van der Waals surface area contributed by atoms with E-state index in [4.69, 9.17) is 5.73 Å². The summed E-state index contributed by atoms with van der Waals surface area (Å²) in [5, 5.41) is 13.3. The maximum Gasteiger partial charge on any atom is 0.126 e. The highest BCUT2D eigenvalue weighted by molar-refractivity contribution is 5.90. The molecule has 1 aliphatic carbocycles. The topological polar surface area (TPSA) is 84.1 Å². The highest BCUT2D eigenvalue weighted by Gasteiger charge is 2.26. The molecule has 0 amide bonds. The molecule has 4 N–H and O–H groups in total. The Morgan fingerprint density at radius 1 is 1.39 bits per heavy atom. The van der Waals surface area contributed by atoms with Crippen LogP contribution >= 0.6 is 0 Å². The number of pyridine rings is 2. The number of nitrogens with one attached hydrogen (secondary N) is 1. The Hall–Kier alpha value is -1.88. The Bertz CT molecular complexity index is 699. The first-order valence-corrected chi connectivity index (χ1v) is 8.50. The smallest absolute Gasteiger partial charge is 0.126 e. The van der Waals surface area contributed by atoms with E-state index in [0.29, 0.717) is 11.7 Å². The molecule has 3 rings (SSSR count). The Morgan fingerprint density at radius 2 is 2.17 bits per heavy atom. The number of nitrogens with zero attached hydrogens (tertiary/aromatic N) is 2. The van der Waals surface area contributed by atoms with Crippen molar-refractivity contribution in [3.63, 3.8) is 0 Å². The molecule has 1 saturated carbocycles. The fourth-order valence-electron chi connectivity index (χ4n) is 2.96. The third kappa shape index (κ3) is 3.55. The van der Waals surface area contributed by atoms with Gasteiger partial charge < -0.3 is 16.2 Å². The lowest BCUT2D eigenvalue weighted by Gasteiger charge is -2.30. The van der Waals surface area contributed by atoms with Gasteiger partial charge in [-0.25, -0.2) is 4.98 Å². The number of hydrogen-bond donors (Lipinski definition) is 3. The van der Waals surface area contributed by atoms with Crippen LogP contribution in [0, 0.1) is 0 Å². The molecule has 0 bridgehead atoms. The number of anilines is 2. The quantitative estimate of drug-likeness (QED) is 0.729. The van der Waals surface area contributed by atoms with Crippen molar-refractivity contribution >= 4 is 22.5 Å². The molecule has 0 aliphatic heterocycles. The molecule has 23 heavy (non-hydrogen) atoms. The fraction of sp³-hybridized carbons (Fsp3) is 0.556. The summed E-state index contributed by atoms with van der Waals surface area (Å²) in [5.41, 5.74) is 9.35. The van der Waals surface area contributed by atoms with Gasteiger partial charge >= 0.3 is 0 Å². The highest BCUT2D eigenvalue weighted by atomic mass is 16.3. The minimum atomic E-state index is -0.381. The molecule has 1 aliphatic rings. The maximum atomic E-state index is 9.81. The number of aliphatic hydroxyl groups is 1. The third-order valence-corrected chi connectivity index (χ3v) is 4.60. The molecule has 0 spiro atoms. The van der Waals surface area contributed by atoms with Crippen molar-refractivity contribution in [3.8, 4) is 0 Å². The van der Waals surface area contributed by atoms with E-state index in [-0.39, 0.29) is 12.1 Å². The minimum absolute atomic E-state index is 0.0663. The fourth-order valence-corrected chi connectivity index (χ4v) is 2.96. The van der Waals surface area contributed by atoms with Crippen LogP contribution in [0.15, 0.2) is 18.3 Å². The van der Waals surface area contributed by atoms with Crippen LogP contribution < -0.4 is 11.1 Å². The number of hydrogen-bond acceptors (Lipinski definition) is 5. The average molecular weight is 314 g/mol. The van der Waals surface area contributed by atoms with Gasteiger partial charge in [0.15, 0.2) is 0 Å². The molecule has 0 aromatic carbocycles. The first-order chi connectivity index (χ1) is 11.0. The number of fused-ring (bicyclic) bond motifs is 1. The molecule has 2 aromatic heterocycles. The summed E-state index contributed by atoms with van der Waals surface area (Å²) in [6.45, 7) is 4.25. The van der Waals surface area contributed by atoms with Crippen LogP contribution in [-0.4, -0.2) is 27.2 Å². The monoisotopic (exact) mass is 314 g/mol. The second-order valence-corrected chi connectivity index (χ2v) is 6.95. The second kappa shape index (κ2) is 6.32. The summed E-state index contributed by atoms with van der Waals surface area (Å²) in [6, 6.07) is 3.91. The molecule has 0 saturated heterocycles. The van der Waals surface area contributed by atoms with E-state index in [1.165, 1.54) is 18.4 Å². The Balaban J connectivity index is 1.95. The first kappa shape index (κ1) is 16.0. The van der Waals surface area contributed by atoms with Crippen molar-refractivity contribution < 1.29 is 5.11 Å². The number of aliphatic hydroxyl groups excluding tert-OH is 1. The molecule has 0 radical (unpaired) electrons. The van der Waals surface area contributed by atoms with Gasteiger partial charge in [-0.05, 0) is 43.7 Å². The molecule has 1 fully saturated rings. The van der Waals surface area contributed by atoms with E-state index in [1.54, 1.807) is 0 Å². The lowest BCUT2D eigenvalue weighted by atomic mass is 9.95. The van der Waals surface area contributed by atoms with Gasteiger partial charge in [0, 0.05) is 12.3 Å². The SMILES string of the molecule is CCCCC(C)(CO)Nc1cc(N)nc2cc(C3CC3)cnc12. The predicted octanol–water partition coefficient (Wildman–Crippen LogP) is 3.44. The maximum absolute atomic E-state index is 9.81. The van der Waals surface area contributed by atoms with Gasteiger partial charge in [0.05, 0.1) is 23.3 Å². The van der Waals surface area contributed by atoms with Crippen molar-refractivity contribution in [2.24, 2.45) is 0 Å². The molecule has 5 heteroatoms. The summed E-state index contributed by atoms with van der Waals surface area (Å²) < 4.78 is 0. The third-order valence-electron chi connectivity index (χ3n) is 4.60. The summed E-state index contributed by atoms with van der Waals surface area (Å²) in [5.74, 6) is 1.12. The van der Waals surface area contributed by atoms with Crippen molar-refractivity contribution in [2.75, 3.05) is 17.7 Å². The van der Waals surface area contributed by atoms with Gasteiger partial charge in [0.2, 0.25) is 0 Å². The van der Waals surface area contributed by atoms with Gasteiger partial charge in [-0.15, -0.1) is 0 Å². The van der Waals surface area contributed by atoms with E-state index in [1.807, 2.05) is 19.2 Å². The molecule has 1 unspecified atom stereocenters. The lowest BCUT2D eigenvalue weighted by Crippen LogP contribution is -2.38. The molecular formula is C18H26N4O. The van der Waals surface area contributed by atoms with Crippen LogP contribution in [0.25, 0.3) is 11.0 Å². The summed E-state index contributed by atoms with van der Waals surface area (Å²) in [4.78, 5) is 9.06. The second-order valence-electron chi connectivity index (χ2n) is 6.95. The summed E-state index contributed by atoms with van der Waals surface area (Å²) >= 11 is 0. The van der Waals surface area contributed by atoms with Crippen LogP contribution in [0.4, 0.5) is 11.5 Å². The van der Waals surface area contributed by atoms with Gasteiger partial charge in [0.1, 0.15) is 11.3 Å². The summed E-state index contributed by atoms with van der Waals surface area (Å²) in [6.07, 6.45) is 7.47. The van der Waals surface area contributed by atoms with Crippen molar-refractivity contribution in [2.45, 2.75) is 57.4 Å². The largest absolute Gasteiger partial charge is 0.394 e. The highest BCUT2D eigenvalue weighted by Crippen LogP contribution is 2.40. The first-order valence-electron chi connectivity index (χ1n) is 8.50. The molecule has 2 aromatic rings. The molecule has 2 heterocycles. The Labute approximate surface area is 137 Å². The van der Waals surface area contributed by atoms with Crippen LogP contribution in [0.5, 0.6) is 0 Å². The van der Waals surface area contributed by atoms with Gasteiger partial charge in [0.25, 0.3) is 0 Å². The molecule has 124 valence electrons. The zero-order valence-electron chi connectivity index (χ0n) is 14.0. The number of unbranched alkanes of at least 4 members (excludes halogenated alkanes) is 1. The lowest BCUT2D eigenvalue weighted by molar-refractivity contribution is 0.212. The average Bonchev–Trinajstić information content (AvgIpc) is 3.37. The Morgan fingerprint density at radius 3 is 2.83 bits per heavy atom. The van der Waals surface area contributed by atoms with E-state index >= 15 is 0 Å². The van der Waals surface area contributed by atoms with E-state index in [2.05, 4.69) is 28.3 Å². The normalized spacial score (nSPS) is 17.2. The van der Waals surface area contributed by atoms with Crippen molar-refractivity contribution in [1.82, 2.24) is 9.97 Å². The van der Waals surface area contributed by atoms with Gasteiger partial charge in [-0.2, -0.15) is 0 Å². The number of nitrogen functional groups attached to an aromatic ring is 1. The Kier molecular flexibility index (Phi) is 4.39. The van der Waals surface area contributed by atoms with Crippen LogP contribution in [0.3, 0.4) is 0 Å². The van der Waals surface area contributed by atoms with Crippen LogP contribution in [0.1, 0.15) is 57.4 Å². The van der Waals surface area contributed by atoms with E-state index in [0.717, 1.165) is 36.0 Å². The zero-order chi connectivity index (χ0) is 16.4. The number of nitrogens with two attached hydrogens (primary N) is 1. The molecule has 5 nitrogen and oxygen atoms in total. The minimum Gasteiger partial charge on any atom is -0.394 e. The van der Waals surface area contributed by atoms with Gasteiger partial charge in [-0.1, -0.05) is 19.8 Å².